The smallest absolute Gasteiger partial charge is 0.203 e. The SMILES string of the molecule is CC(Nc1nc(C(C)(C)C)ns1)c1cccc(F)c1. The van der Waals surface area contributed by atoms with E-state index in [1.165, 1.54) is 23.7 Å². The van der Waals surface area contributed by atoms with Crippen molar-refractivity contribution < 1.29 is 4.39 Å². The normalized spacial score (nSPS) is 13.3. The molecule has 0 aliphatic rings. The molecule has 3 nitrogen and oxygen atoms in total. The van der Waals surface area contributed by atoms with Gasteiger partial charge in [0.2, 0.25) is 5.13 Å². The van der Waals surface area contributed by atoms with Crippen molar-refractivity contribution in [2.45, 2.75) is 39.2 Å². The van der Waals surface area contributed by atoms with E-state index in [9.17, 15) is 4.39 Å². The zero-order chi connectivity index (χ0) is 14.0. The molecular weight excluding hydrogens is 261 g/mol. The first-order valence-corrected chi connectivity index (χ1v) is 7.00. The van der Waals surface area contributed by atoms with Crippen LogP contribution in [0.4, 0.5) is 9.52 Å². The highest BCUT2D eigenvalue weighted by Crippen LogP contribution is 2.25. The first kappa shape index (κ1) is 13.9. The Morgan fingerprint density at radius 1 is 1.32 bits per heavy atom. The lowest BCUT2D eigenvalue weighted by Gasteiger charge is -2.14. The summed E-state index contributed by atoms with van der Waals surface area (Å²) in [5, 5.41) is 4.02. The summed E-state index contributed by atoms with van der Waals surface area (Å²) in [6.07, 6.45) is 0. The van der Waals surface area contributed by atoms with Crippen molar-refractivity contribution in [3.05, 3.63) is 41.5 Å². The molecule has 1 atom stereocenters. The third-order valence-corrected chi connectivity index (χ3v) is 3.43. The second kappa shape index (κ2) is 5.25. The van der Waals surface area contributed by atoms with Gasteiger partial charge in [0.05, 0.1) is 6.04 Å². The van der Waals surface area contributed by atoms with E-state index in [1.807, 2.05) is 13.0 Å². The maximum absolute atomic E-state index is 13.2. The molecule has 102 valence electrons. The van der Waals surface area contributed by atoms with Gasteiger partial charge in [0.25, 0.3) is 0 Å². The summed E-state index contributed by atoms with van der Waals surface area (Å²) < 4.78 is 17.5. The monoisotopic (exact) mass is 279 g/mol. The summed E-state index contributed by atoms with van der Waals surface area (Å²) in [5.41, 5.74) is 0.839. The van der Waals surface area contributed by atoms with Crippen LogP contribution in [-0.2, 0) is 5.41 Å². The number of hydrogen-bond acceptors (Lipinski definition) is 4. The van der Waals surface area contributed by atoms with Gasteiger partial charge in [-0.25, -0.2) is 9.37 Å². The fourth-order valence-electron chi connectivity index (χ4n) is 1.63. The molecule has 1 heterocycles. The van der Waals surface area contributed by atoms with E-state index in [1.54, 1.807) is 6.07 Å². The van der Waals surface area contributed by atoms with Crippen LogP contribution in [0.5, 0.6) is 0 Å². The summed E-state index contributed by atoms with van der Waals surface area (Å²) in [5.74, 6) is 0.602. The van der Waals surface area contributed by atoms with Gasteiger partial charge in [-0.2, -0.15) is 4.37 Å². The van der Waals surface area contributed by atoms with E-state index in [4.69, 9.17) is 0 Å². The fraction of sp³-hybridized carbons (Fsp3) is 0.429. The van der Waals surface area contributed by atoms with E-state index in [-0.39, 0.29) is 17.3 Å². The van der Waals surface area contributed by atoms with Gasteiger partial charge < -0.3 is 5.32 Å². The van der Waals surface area contributed by atoms with E-state index < -0.39 is 0 Å². The number of nitrogens with one attached hydrogen (secondary N) is 1. The summed E-state index contributed by atoms with van der Waals surface area (Å²) in [6.45, 7) is 8.21. The predicted molar refractivity (Wildman–Crippen MR) is 77.0 cm³/mol. The van der Waals surface area contributed by atoms with Gasteiger partial charge >= 0.3 is 0 Å². The molecule has 0 saturated heterocycles. The Kier molecular flexibility index (Phi) is 3.85. The van der Waals surface area contributed by atoms with Gasteiger partial charge in [0, 0.05) is 16.9 Å². The number of hydrogen-bond donors (Lipinski definition) is 1. The molecule has 0 saturated carbocycles. The molecule has 0 bridgehead atoms. The molecule has 2 rings (SSSR count). The zero-order valence-electron chi connectivity index (χ0n) is 11.6. The van der Waals surface area contributed by atoms with Gasteiger partial charge in [0.15, 0.2) is 0 Å². The van der Waals surface area contributed by atoms with E-state index in [0.29, 0.717) is 0 Å². The highest BCUT2D eigenvalue weighted by molar-refractivity contribution is 7.09. The Bertz CT molecular complexity index is 560. The predicted octanol–water partition coefficient (Wildman–Crippen LogP) is 4.15. The van der Waals surface area contributed by atoms with Crippen molar-refractivity contribution >= 4 is 16.7 Å². The molecule has 5 heteroatoms. The number of rotatable bonds is 3. The average molecular weight is 279 g/mol. The van der Waals surface area contributed by atoms with Crippen LogP contribution in [0.25, 0.3) is 0 Å². The number of anilines is 1. The van der Waals surface area contributed by atoms with Crippen LogP contribution < -0.4 is 5.32 Å². The van der Waals surface area contributed by atoms with Gasteiger partial charge in [-0.05, 0) is 24.6 Å². The van der Waals surface area contributed by atoms with Gasteiger partial charge in [-0.3, -0.25) is 0 Å². The molecular formula is C14H18FN3S. The molecule has 2 aromatic rings. The number of aromatic nitrogens is 2. The Hall–Kier alpha value is -1.49. The largest absolute Gasteiger partial charge is 0.354 e. The van der Waals surface area contributed by atoms with Gasteiger partial charge in [0.1, 0.15) is 11.6 Å². The second-order valence-corrected chi connectivity index (χ2v) is 6.35. The molecule has 0 amide bonds. The van der Waals surface area contributed by atoms with Crippen molar-refractivity contribution in [3.8, 4) is 0 Å². The molecule has 0 spiro atoms. The van der Waals surface area contributed by atoms with Gasteiger partial charge in [-0.1, -0.05) is 32.9 Å². The molecule has 0 fully saturated rings. The molecule has 1 aromatic carbocycles. The highest BCUT2D eigenvalue weighted by Gasteiger charge is 2.20. The lowest BCUT2D eigenvalue weighted by molar-refractivity contribution is 0.555. The van der Waals surface area contributed by atoms with E-state index in [2.05, 4.69) is 35.4 Å². The minimum absolute atomic E-state index is 0.00327. The highest BCUT2D eigenvalue weighted by atomic mass is 32.1. The van der Waals surface area contributed by atoms with Crippen LogP contribution in [0, 0.1) is 5.82 Å². The van der Waals surface area contributed by atoms with Crippen LogP contribution in [-0.4, -0.2) is 9.36 Å². The third kappa shape index (κ3) is 3.50. The number of benzene rings is 1. The maximum Gasteiger partial charge on any atom is 0.203 e. The summed E-state index contributed by atoms with van der Waals surface area (Å²) in [7, 11) is 0. The first-order valence-electron chi connectivity index (χ1n) is 6.22. The van der Waals surface area contributed by atoms with Crippen molar-refractivity contribution in [1.29, 1.82) is 0 Å². The van der Waals surface area contributed by atoms with Crippen molar-refractivity contribution in [2.75, 3.05) is 5.32 Å². The molecule has 1 aromatic heterocycles. The van der Waals surface area contributed by atoms with E-state index in [0.717, 1.165) is 16.5 Å². The minimum Gasteiger partial charge on any atom is -0.354 e. The molecule has 0 aliphatic carbocycles. The summed E-state index contributed by atoms with van der Waals surface area (Å²) >= 11 is 1.34. The van der Waals surface area contributed by atoms with Crippen molar-refractivity contribution in [1.82, 2.24) is 9.36 Å². The maximum atomic E-state index is 13.2. The topological polar surface area (TPSA) is 37.8 Å². The molecule has 0 radical (unpaired) electrons. The lowest BCUT2D eigenvalue weighted by Crippen LogP contribution is -2.13. The first-order chi connectivity index (χ1) is 8.86. The third-order valence-electron chi connectivity index (χ3n) is 2.79. The molecule has 0 aliphatic heterocycles. The molecule has 1 N–H and O–H groups in total. The quantitative estimate of drug-likeness (QED) is 0.917. The van der Waals surface area contributed by atoms with Crippen LogP contribution >= 0.6 is 11.5 Å². The Morgan fingerprint density at radius 3 is 2.63 bits per heavy atom. The van der Waals surface area contributed by atoms with Crippen LogP contribution in [0.2, 0.25) is 0 Å². The van der Waals surface area contributed by atoms with Crippen molar-refractivity contribution in [2.24, 2.45) is 0 Å². The molecule has 19 heavy (non-hydrogen) atoms. The fourth-order valence-corrected chi connectivity index (χ4v) is 2.48. The summed E-state index contributed by atoms with van der Waals surface area (Å²) in [6, 6.07) is 6.58. The number of nitrogens with zero attached hydrogens (tertiary/aromatic N) is 2. The minimum atomic E-state index is -0.223. The second-order valence-electron chi connectivity index (χ2n) is 5.59. The van der Waals surface area contributed by atoms with Crippen LogP contribution in [0.15, 0.2) is 24.3 Å². The zero-order valence-corrected chi connectivity index (χ0v) is 12.4. The Morgan fingerprint density at radius 2 is 2.05 bits per heavy atom. The summed E-state index contributed by atoms with van der Waals surface area (Å²) in [4.78, 5) is 4.47. The lowest BCUT2D eigenvalue weighted by atomic mass is 9.96. The van der Waals surface area contributed by atoms with Gasteiger partial charge in [-0.15, -0.1) is 0 Å². The Labute approximate surface area is 117 Å². The average Bonchev–Trinajstić information content (AvgIpc) is 2.77. The van der Waals surface area contributed by atoms with Crippen LogP contribution in [0.3, 0.4) is 0 Å². The van der Waals surface area contributed by atoms with Crippen molar-refractivity contribution in [3.63, 3.8) is 0 Å². The standard InChI is InChI=1S/C14H18FN3S/c1-9(10-6-5-7-11(15)8-10)16-13-17-12(18-19-13)14(2,3)4/h5-9H,1-4H3,(H,16,17,18). The van der Waals surface area contributed by atoms with Crippen LogP contribution in [0.1, 0.15) is 45.1 Å². The van der Waals surface area contributed by atoms with E-state index >= 15 is 0 Å². The number of halogens is 1. The molecule has 1 unspecified atom stereocenters. The Balaban J connectivity index is 2.11.